The van der Waals surface area contributed by atoms with E-state index in [0.29, 0.717) is 35.1 Å². The van der Waals surface area contributed by atoms with Crippen molar-refractivity contribution >= 4 is 34.6 Å². The highest BCUT2D eigenvalue weighted by Crippen LogP contribution is 2.34. The van der Waals surface area contributed by atoms with Crippen molar-refractivity contribution in [3.8, 4) is 0 Å². The molecule has 1 aromatic carbocycles. The quantitative estimate of drug-likeness (QED) is 0.456. The number of hydrogen-bond donors (Lipinski definition) is 4. The lowest BCUT2D eigenvalue weighted by Crippen LogP contribution is -2.33. The molecule has 0 atom stereocenters. The molecule has 2 aliphatic rings. The van der Waals surface area contributed by atoms with Gasteiger partial charge in [-0.05, 0) is 56.7 Å². The van der Waals surface area contributed by atoms with Crippen LogP contribution in [0.15, 0.2) is 30.6 Å². The van der Waals surface area contributed by atoms with Crippen molar-refractivity contribution in [2.24, 2.45) is 5.73 Å². The number of carbonyl (C=O) groups is 1. The van der Waals surface area contributed by atoms with Crippen LogP contribution in [0.1, 0.15) is 67.8 Å². The molecule has 5 rings (SSSR count). The molecule has 3 aromatic rings. The number of nitrogens with two attached hydrogens (primary N) is 1. The summed E-state index contributed by atoms with van der Waals surface area (Å²) in [7, 11) is 0. The highest BCUT2D eigenvalue weighted by Gasteiger charge is 2.24. The Morgan fingerprint density at radius 3 is 2.62 bits per heavy atom. The average Bonchev–Trinajstić information content (AvgIpc) is 3.45. The van der Waals surface area contributed by atoms with Crippen molar-refractivity contribution in [2.45, 2.75) is 69.5 Å². The van der Waals surface area contributed by atoms with E-state index in [1.165, 1.54) is 12.8 Å². The molecule has 0 amide bonds. The molecule has 0 saturated heterocycles. The van der Waals surface area contributed by atoms with Gasteiger partial charge in [-0.1, -0.05) is 18.9 Å². The Morgan fingerprint density at radius 2 is 1.88 bits per heavy atom. The molecule has 2 aliphatic carbocycles. The van der Waals surface area contributed by atoms with Gasteiger partial charge in [-0.3, -0.25) is 0 Å². The molecule has 2 aromatic heterocycles. The van der Waals surface area contributed by atoms with E-state index in [1.54, 1.807) is 18.2 Å². The van der Waals surface area contributed by atoms with Gasteiger partial charge in [-0.2, -0.15) is 9.97 Å². The first-order chi connectivity index (χ1) is 15.6. The first-order valence-electron chi connectivity index (χ1n) is 11.4. The van der Waals surface area contributed by atoms with Crippen LogP contribution in [0.2, 0.25) is 0 Å². The standard InChI is InChI=1S/C23H29N7O2/c24-15-8-10-16(11-9-15)27-23-28-20(26-17-5-3-4-14(12-17)22(31)32)19-21(29-23)30(13-25-19)18-6-1-2-7-18/h3-5,12-13,15-16,18H,1-2,6-11,24H2,(H,31,32)(H2,26,27,28,29)/t15-,16-. The molecule has 32 heavy (non-hydrogen) atoms. The highest BCUT2D eigenvalue weighted by atomic mass is 16.4. The van der Waals surface area contributed by atoms with Crippen LogP contribution in [0.3, 0.4) is 0 Å². The second kappa shape index (κ2) is 8.74. The number of anilines is 3. The molecule has 0 radical (unpaired) electrons. The van der Waals surface area contributed by atoms with E-state index in [-0.39, 0.29) is 11.6 Å². The molecular weight excluding hydrogens is 406 g/mol. The van der Waals surface area contributed by atoms with Crippen LogP contribution in [0, 0.1) is 0 Å². The van der Waals surface area contributed by atoms with E-state index >= 15 is 0 Å². The smallest absolute Gasteiger partial charge is 0.335 e. The zero-order chi connectivity index (χ0) is 22.1. The number of nitrogens with zero attached hydrogens (tertiary/aromatic N) is 4. The van der Waals surface area contributed by atoms with E-state index in [1.807, 2.05) is 12.4 Å². The topological polar surface area (TPSA) is 131 Å². The minimum absolute atomic E-state index is 0.216. The average molecular weight is 436 g/mol. The number of nitrogens with one attached hydrogen (secondary N) is 2. The fraction of sp³-hybridized carbons (Fsp3) is 0.478. The van der Waals surface area contributed by atoms with Crippen LogP contribution in [0.4, 0.5) is 17.5 Å². The first-order valence-corrected chi connectivity index (χ1v) is 11.4. The normalized spacial score (nSPS) is 21.7. The number of imidazole rings is 1. The Labute approximate surface area is 186 Å². The third kappa shape index (κ3) is 4.25. The summed E-state index contributed by atoms with van der Waals surface area (Å²) in [6.45, 7) is 0. The van der Waals surface area contributed by atoms with Gasteiger partial charge in [0.05, 0.1) is 11.9 Å². The van der Waals surface area contributed by atoms with Crippen LogP contribution in [0.25, 0.3) is 11.2 Å². The van der Waals surface area contributed by atoms with Crippen molar-refractivity contribution in [3.63, 3.8) is 0 Å². The number of aromatic carboxylic acids is 1. The van der Waals surface area contributed by atoms with Gasteiger partial charge in [0.2, 0.25) is 5.95 Å². The van der Waals surface area contributed by atoms with Gasteiger partial charge in [-0.25, -0.2) is 9.78 Å². The van der Waals surface area contributed by atoms with Crippen LogP contribution in [-0.2, 0) is 0 Å². The summed E-state index contributed by atoms with van der Waals surface area (Å²) in [6.07, 6.45) is 10.5. The van der Waals surface area contributed by atoms with Crippen LogP contribution in [0.5, 0.6) is 0 Å². The van der Waals surface area contributed by atoms with Gasteiger partial charge in [0.15, 0.2) is 17.0 Å². The predicted octanol–water partition coefficient (Wildman–Crippen LogP) is 4.07. The Morgan fingerprint density at radius 1 is 1.09 bits per heavy atom. The zero-order valence-corrected chi connectivity index (χ0v) is 18.0. The number of aromatic nitrogens is 4. The third-order valence-corrected chi connectivity index (χ3v) is 6.62. The first kappa shape index (κ1) is 20.7. The number of benzene rings is 1. The van der Waals surface area contributed by atoms with Gasteiger partial charge in [0.25, 0.3) is 0 Å². The van der Waals surface area contributed by atoms with Crippen LogP contribution >= 0.6 is 0 Å². The summed E-state index contributed by atoms with van der Waals surface area (Å²) in [5.74, 6) is 0.170. The van der Waals surface area contributed by atoms with Crippen molar-refractivity contribution in [1.82, 2.24) is 19.5 Å². The van der Waals surface area contributed by atoms with E-state index in [9.17, 15) is 9.90 Å². The Hall–Kier alpha value is -3.20. The minimum Gasteiger partial charge on any atom is -0.478 e. The summed E-state index contributed by atoms with van der Waals surface area (Å²) < 4.78 is 2.17. The van der Waals surface area contributed by atoms with Crippen molar-refractivity contribution < 1.29 is 9.90 Å². The summed E-state index contributed by atoms with van der Waals surface area (Å²) in [6, 6.07) is 7.67. The second-order valence-corrected chi connectivity index (χ2v) is 8.93. The number of carboxylic acid groups (broad SMARTS) is 1. The lowest BCUT2D eigenvalue weighted by Gasteiger charge is -2.27. The van der Waals surface area contributed by atoms with Gasteiger partial charge < -0.3 is 26.0 Å². The SMILES string of the molecule is N[C@H]1CC[C@H](Nc2nc(Nc3cccc(C(=O)O)c3)c3ncn(C4CCCC4)c3n2)CC1. The highest BCUT2D eigenvalue weighted by molar-refractivity contribution is 5.90. The molecule has 2 saturated carbocycles. The van der Waals surface area contributed by atoms with E-state index in [4.69, 9.17) is 15.7 Å². The predicted molar refractivity (Wildman–Crippen MR) is 123 cm³/mol. The Kier molecular flexibility index (Phi) is 5.65. The van der Waals surface area contributed by atoms with Gasteiger partial charge in [-0.15, -0.1) is 0 Å². The lowest BCUT2D eigenvalue weighted by molar-refractivity contribution is 0.0697. The monoisotopic (exact) mass is 435 g/mol. The van der Waals surface area contributed by atoms with Crippen molar-refractivity contribution in [2.75, 3.05) is 10.6 Å². The molecular formula is C23H29N7O2. The molecule has 2 fully saturated rings. The fourth-order valence-corrected chi connectivity index (χ4v) is 4.83. The van der Waals surface area contributed by atoms with Gasteiger partial charge in [0, 0.05) is 23.8 Å². The molecule has 168 valence electrons. The minimum atomic E-state index is -0.968. The molecule has 0 aliphatic heterocycles. The number of fused-ring (bicyclic) bond motifs is 1. The molecule has 9 heteroatoms. The molecule has 5 N–H and O–H groups in total. The van der Waals surface area contributed by atoms with E-state index in [0.717, 1.165) is 44.2 Å². The number of carboxylic acids is 1. The summed E-state index contributed by atoms with van der Waals surface area (Å²) in [5, 5.41) is 16.1. The Balaban J connectivity index is 1.51. The number of hydrogen-bond acceptors (Lipinski definition) is 7. The fourth-order valence-electron chi connectivity index (χ4n) is 4.83. The van der Waals surface area contributed by atoms with Crippen molar-refractivity contribution in [1.29, 1.82) is 0 Å². The Bertz CT molecular complexity index is 1110. The molecule has 2 heterocycles. The second-order valence-electron chi connectivity index (χ2n) is 8.93. The zero-order valence-electron chi connectivity index (χ0n) is 18.0. The molecule has 0 spiro atoms. The maximum Gasteiger partial charge on any atom is 0.335 e. The lowest BCUT2D eigenvalue weighted by atomic mass is 9.92. The summed E-state index contributed by atoms with van der Waals surface area (Å²) >= 11 is 0. The largest absolute Gasteiger partial charge is 0.478 e. The van der Waals surface area contributed by atoms with Crippen LogP contribution in [-0.4, -0.2) is 42.7 Å². The van der Waals surface area contributed by atoms with Crippen molar-refractivity contribution in [3.05, 3.63) is 36.2 Å². The van der Waals surface area contributed by atoms with Gasteiger partial charge >= 0.3 is 5.97 Å². The molecule has 0 unspecified atom stereocenters. The third-order valence-electron chi connectivity index (χ3n) is 6.62. The van der Waals surface area contributed by atoms with Crippen LogP contribution < -0.4 is 16.4 Å². The maximum atomic E-state index is 11.4. The summed E-state index contributed by atoms with van der Waals surface area (Å²) in [5.41, 5.74) is 8.42. The number of rotatable bonds is 6. The molecule has 9 nitrogen and oxygen atoms in total. The van der Waals surface area contributed by atoms with E-state index < -0.39 is 5.97 Å². The summed E-state index contributed by atoms with van der Waals surface area (Å²) in [4.78, 5) is 25.6. The molecule has 0 bridgehead atoms. The maximum absolute atomic E-state index is 11.4. The van der Waals surface area contributed by atoms with E-state index in [2.05, 4.69) is 20.2 Å². The van der Waals surface area contributed by atoms with Gasteiger partial charge in [0.1, 0.15) is 0 Å².